The molecule has 0 aliphatic heterocycles. The van der Waals surface area contributed by atoms with Gasteiger partial charge < -0.3 is 9.63 Å². The second kappa shape index (κ2) is 5.71. The Kier molecular flexibility index (Phi) is 3.77. The molecule has 0 saturated heterocycles. The largest absolute Gasteiger partial charge is 0.505 e. The number of hydrogen-bond acceptors (Lipinski definition) is 5. The summed E-state index contributed by atoms with van der Waals surface area (Å²) in [6.45, 7) is 0. The summed E-state index contributed by atoms with van der Waals surface area (Å²) in [5.74, 6) is 0.715. The van der Waals surface area contributed by atoms with E-state index >= 15 is 0 Å². The Hall–Kier alpha value is -2.11. The average molecular weight is 322 g/mol. The van der Waals surface area contributed by atoms with Crippen LogP contribution in [0.15, 0.2) is 41.2 Å². The Morgan fingerprint density at radius 2 is 2.00 bits per heavy atom. The maximum Gasteiger partial charge on any atom is 0.261 e. The van der Waals surface area contributed by atoms with Gasteiger partial charge in [-0.05, 0) is 23.8 Å². The molecule has 0 radical (unpaired) electrons. The van der Waals surface area contributed by atoms with Crippen LogP contribution in [0.25, 0.3) is 11.5 Å². The van der Waals surface area contributed by atoms with Crippen molar-refractivity contribution >= 4 is 23.2 Å². The lowest BCUT2D eigenvalue weighted by atomic mass is 10.1. The minimum atomic E-state index is -0.0118. The summed E-state index contributed by atoms with van der Waals surface area (Å²) in [6, 6.07) is 6.92. The van der Waals surface area contributed by atoms with E-state index in [1.165, 1.54) is 12.4 Å². The van der Waals surface area contributed by atoms with Gasteiger partial charge in [-0.2, -0.15) is 4.98 Å². The van der Waals surface area contributed by atoms with Gasteiger partial charge in [0.25, 0.3) is 5.89 Å². The van der Waals surface area contributed by atoms with Crippen molar-refractivity contribution in [3.63, 3.8) is 0 Å². The summed E-state index contributed by atoms with van der Waals surface area (Å²) in [5, 5.41) is 14.6. The lowest BCUT2D eigenvalue weighted by Crippen LogP contribution is -1.91. The lowest BCUT2D eigenvalue weighted by Gasteiger charge is -1.99. The molecule has 21 heavy (non-hydrogen) atoms. The first-order valence-corrected chi connectivity index (χ1v) is 6.79. The highest BCUT2D eigenvalue weighted by Crippen LogP contribution is 2.27. The van der Waals surface area contributed by atoms with Gasteiger partial charge in [0.1, 0.15) is 5.75 Å². The first-order chi connectivity index (χ1) is 10.1. The normalized spacial score (nSPS) is 10.8. The van der Waals surface area contributed by atoms with Crippen molar-refractivity contribution in [2.24, 2.45) is 0 Å². The van der Waals surface area contributed by atoms with Crippen molar-refractivity contribution in [2.75, 3.05) is 0 Å². The highest BCUT2D eigenvalue weighted by Gasteiger charge is 2.13. The number of benzene rings is 1. The second-order valence-corrected chi connectivity index (χ2v) is 5.15. The van der Waals surface area contributed by atoms with Crippen LogP contribution in [0.5, 0.6) is 5.75 Å². The molecular weight excluding hydrogens is 313 g/mol. The van der Waals surface area contributed by atoms with Crippen LogP contribution in [-0.2, 0) is 6.42 Å². The molecule has 0 fully saturated rings. The summed E-state index contributed by atoms with van der Waals surface area (Å²) in [6.07, 6.45) is 3.31. The third-order valence-corrected chi connectivity index (χ3v) is 3.58. The van der Waals surface area contributed by atoms with Crippen molar-refractivity contribution in [1.82, 2.24) is 15.1 Å². The van der Waals surface area contributed by atoms with E-state index in [0.29, 0.717) is 27.9 Å². The van der Waals surface area contributed by atoms with Gasteiger partial charge in [0.2, 0.25) is 0 Å². The van der Waals surface area contributed by atoms with E-state index in [1.54, 1.807) is 18.2 Å². The van der Waals surface area contributed by atoms with Crippen molar-refractivity contribution in [3.8, 4) is 17.2 Å². The molecule has 5 nitrogen and oxygen atoms in total. The fourth-order valence-electron chi connectivity index (χ4n) is 1.83. The highest BCUT2D eigenvalue weighted by molar-refractivity contribution is 6.42. The predicted molar refractivity (Wildman–Crippen MR) is 78.5 cm³/mol. The molecule has 2 heterocycles. The maximum atomic E-state index is 9.71. The summed E-state index contributed by atoms with van der Waals surface area (Å²) >= 11 is 11.8. The molecule has 0 bridgehead atoms. The maximum absolute atomic E-state index is 9.71. The third kappa shape index (κ3) is 2.99. The molecule has 0 unspecified atom stereocenters. The molecule has 7 heteroatoms. The third-order valence-electron chi connectivity index (χ3n) is 2.84. The topological polar surface area (TPSA) is 72.0 Å². The van der Waals surface area contributed by atoms with Crippen LogP contribution in [-0.4, -0.2) is 20.2 Å². The predicted octanol–water partition coefficient (Wildman–Crippen LogP) is 3.73. The van der Waals surface area contributed by atoms with E-state index in [2.05, 4.69) is 15.1 Å². The van der Waals surface area contributed by atoms with Crippen molar-refractivity contribution < 1.29 is 9.63 Å². The Balaban J connectivity index is 1.85. The van der Waals surface area contributed by atoms with Gasteiger partial charge in [0.15, 0.2) is 5.82 Å². The number of aromatic hydroxyl groups is 1. The van der Waals surface area contributed by atoms with Gasteiger partial charge >= 0.3 is 0 Å². The summed E-state index contributed by atoms with van der Waals surface area (Å²) in [7, 11) is 0. The van der Waals surface area contributed by atoms with E-state index in [9.17, 15) is 5.11 Å². The lowest BCUT2D eigenvalue weighted by molar-refractivity contribution is 0.418. The van der Waals surface area contributed by atoms with E-state index in [4.69, 9.17) is 27.7 Å². The highest BCUT2D eigenvalue weighted by atomic mass is 35.5. The number of aromatic nitrogens is 3. The molecule has 0 spiro atoms. The minimum Gasteiger partial charge on any atom is -0.505 e. The summed E-state index contributed by atoms with van der Waals surface area (Å²) in [4.78, 5) is 8.04. The molecule has 0 atom stereocenters. The second-order valence-electron chi connectivity index (χ2n) is 4.33. The molecule has 0 aliphatic rings. The molecule has 0 aliphatic carbocycles. The minimum absolute atomic E-state index is 0.0118. The van der Waals surface area contributed by atoms with Gasteiger partial charge in [-0.15, -0.1) is 0 Å². The number of nitrogens with zero attached hydrogens (tertiary/aromatic N) is 3. The Morgan fingerprint density at radius 3 is 2.76 bits per heavy atom. The molecule has 3 rings (SSSR count). The van der Waals surface area contributed by atoms with Gasteiger partial charge in [0, 0.05) is 12.6 Å². The zero-order valence-electron chi connectivity index (χ0n) is 10.6. The molecule has 3 aromatic rings. The number of halogens is 2. The summed E-state index contributed by atoms with van der Waals surface area (Å²) in [5.41, 5.74) is 1.36. The number of hydrogen-bond donors (Lipinski definition) is 1. The molecule has 106 valence electrons. The molecule has 1 aromatic carbocycles. The molecule has 0 amide bonds. The fraction of sp³-hybridized carbons (Fsp3) is 0.0714. The van der Waals surface area contributed by atoms with Crippen LogP contribution in [0, 0.1) is 0 Å². The van der Waals surface area contributed by atoms with E-state index in [-0.39, 0.29) is 11.6 Å². The van der Waals surface area contributed by atoms with Gasteiger partial charge in [0.05, 0.1) is 21.8 Å². The number of pyridine rings is 1. The van der Waals surface area contributed by atoms with E-state index in [1.807, 2.05) is 6.07 Å². The van der Waals surface area contributed by atoms with Gasteiger partial charge in [-0.1, -0.05) is 34.4 Å². The van der Waals surface area contributed by atoms with Crippen LogP contribution < -0.4 is 0 Å². The molecular formula is C14H9Cl2N3O2. The Morgan fingerprint density at radius 1 is 1.14 bits per heavy atom. The zero-order valence-corrected chi connectivity index (χ0v) is 12.1. The Bertz CT molecular complexity index is 789. The first-order valence-electron chi connectivity index (χ1n) is 6.03. The SMILES string of the molecule is Oc1cnccc1-c1nc(Cc2ccc(Cl)c(Cl)c2)no1. The van der Waals surface area contributed by atoms with E-state index in [0.717, 1.165) is 5.56 Å². The van der Waals surface area contributed by atoms with E-state index < -0.39 is 0 Å². The van der Waals surface area contributed by atoms with Crippen molar-refractivity contribution in [2.45, 2.75) is 6.42 Å². The first kappa shape index (κ1) is 13.9. The van der Waals surface area contributed by atoms with Gasteiger partial charge in [-0.25, -0.2) is 0 Å². The molecule has 0 saturated carbocycles. The van der Waals surface area contributed by atoms with Crippen molar-refractivity contribution in [3.05, 3.63) is 58.1 Å². The Labute approximate surface area is 130 Å². The van der Waals surface area contributed by atoms with Crippen LogP contribution >= 0.6 is 23.2 Å². The van der Waals surface area contributed by atoms with Crippen LogP contribution in [0.1, 0.15) is 11.4 Å². The monoisotopic (exact) mass is 321 g/mol. The average Bonchev–Trinajstić information content (AvgIpc) is 2.92. The molecule has 1 N–H and O–H groups in total. The van der Waals surface area contributed by atoms with Crippen LogP contribution in [0.4, 0.5) is 0 Å². The zero-order chi connectivity index (χ0) is 14.8. The smallest absolute Gasteiger partial charge is 0.261 e. The number of rotatable bonds is 3. The quantitative estimate of drug-likeness (QED) is 0.795. The standard InChI is InChI=1S/C14H9Cl2N3O2/c15-10-2-1-8(5-11(10)16)6-13-18-14(21-19-13)9-3-4-17-7-12(9)20/h1-5,7,20H,6H2. The fourth-order valence-corrected chi connectivity index (χ4v) is 2.15. The molecule has 2 aromatic heterocycles. The van der Waals surface area contributed by atoms with Crippen LogP contribution in [0.3, 0.4) is 0 Å². The van der Waals surface area contributed by atoms with Crippen LogP contribution in [0.2, 0.25) is 10.0 Å². The van der Waals surface area contributed by atoms with Crippen molar-refractivity contribution in [1.29, 1.82) is 0 Å². The van der Waals surface area contributed by atoms with Gasteiger partial charge in [-0.3, -0.25) is 4.98 Å². The summed E-state index contributed by atoms with van der Waals surface area (Å²) < 4.78 is 5.15.